The van der Waals surface area contributed by atoms with Crippen LogP contribution in [0.4, 0.5) is 5.82 Å². The number of thioether (sulfide) groups is 1. The fraction of sp³-hybridized carbons (Fsp3) is 0.545. The molecule has 0 amide bonds. The number of hydrogen-bond donors (Lipinski definition) is 2. The first-order valence-electron chi connectivity index (χ1n) is 5.20. The Labute approximate surface area is 95.3 Å². The van der Waals surface area contributed by atoms with Crippen LogP contribution in [0.1, 0.15) is 13.8 Å². The normalized spacial score (nSPS) is 12.5. The van der Waals surface area contributed by atoms with Crippen LogP contribution in [0.2, 0.25) is 0 Å². The maximum absolute atomic E-state index is 8.91. The first-order chi connectivity index (χ1) is 7.26. The molecule has 1 atom stereocenters. The number of anilines is 1. The number of nitrogens with zero attached hydrogens (tertiary/aromatic N) is 1. The Bertz CT molecular complexity index is 294. The second-order valence-corrected chi connectivity index (χ2v) is 4.53. The smallest absolute Gasteiger partial charge is 0.127 e. The van der Waals surface area contributed by atoms with Crippen molar-refractivity contribution in [1.29, 1.82) is 0 Å². The molecule has 0 aliphatic heterocycles. The molecule has 1 unspecified atom stereocenters. The van der Waals surface area contributed by atoms with Crippen molar-refractivity contribution < 1.29 is 5.11 Å². The molecule has 0 aliphatic carbocycles. The quantitative estimate of drug-likeness (QED) is 0.730. The third-order valence-electron chi connectivity index (χ3n) is 1.91. The average molecular weight is 226 g/mol. The van der Waals surface area contributed by atoms with E-state index in [9.17, 15) is 0 Å². The number of hydrogen-bond acceptors (Lipinski definition) is 4. The summed E-state index contributed by atoms with van der Waals surface area (Å²) < 4.78 is 0. The summed E-state index contributed by atoms with van der Waals surface area (Å²) in [6.45, 7) is 5.20. The van der Waals surface area contributed by atoms with Crippen LogP contribution in [-0.2, 0) is 0 Å². The zero-order chi connectivity index (χ0) is 11.1. The SMILES string of the molecule is CCNc1cccc(SCC(C)CO)n1. The van der Waals surface area contributed by atoms with Crippen molar-refractivity contribution in [2.24, 2.45) is 5.92 Å². The maximum Gasteiger partial charge on any atom is 0.127 e. The summed E-state index contributed by atoms with van der Waals surface area (Å²) in [5.41, 5.74) is 0. The van der Waals surface area contributed by atoms with Gasteiger partial charge in [-0.05, 0) is 25.0 Å². The van der Waals surface area contributed by atoms with Gasteiger partial charge in [-0.1, -0.05) is 13.0 Å². The zero-order valence-corrected chi connectivity index (χ0v) is 10.0. The van der Waals surface area contributed by atoms with Crippen LogP contribution in [0.15, 0.2) is 23.2 Å². The highest BCUT2D eigenvalue weighted by Gasteiger charge is 2.02. The van der Waals surface area contributed by atoms with Gasteiger partial charge in [0.1, 0.15) is 5.82 Å². The molecule has 1 rings (SSSR count). The molecule has 3 nitrogen and oxygen atoms in total. The molecule has 0 saturated carbocycles. The Balaban J connectivity index is 2.50. The fourth-order valence-electron chi connectivity index (χ4n) is 1.06. The number of aliphatic hydroxyl groups is 1. The summed E-state index contributed by atoms with van der Waals surface area (Å²) in [5, 5.41) is 13.1. The van der Waals surface area contributed by atoms with Gasteiger partial charge in [-0.3, -0.25) is 0 Å². The zero-order valence-electron chi connectivity index (χ0n) is 9.23. The molecule has 2 N–H and O–H groups in total. The molecule has 0 radical (unpaired) electrons. The van der Waals surface area contributed by atoms with Gasteiger partial charge < -0.3 is 10.4 Å². The van der Waals surface area contributed by atoms with E-state index in [1.54, 1.807) is 11.8 Å². The fourth-order valence-corrected chi connectivity index (χ4v) is 1.95. The Kier molecular flexibility index (Phi) is 5.50. The van der Waals surface area contributed by atoms with Crippen LogP contribution < -0.4 is 5.32 Å². The largest absolute Gasteiger partial charge is 0.396 e. The molecule has 0 spiro atoms. The summed E-state index contributed by atoms with van der Waals surface area (Å²) >= 11 is 1.68. The first kappa shape index (κ1) is 12.3. The van der Waals surface area contributed by atoms with Gasteiger partial charge in [0.15, 0.2) is 0 Å². The average Bonchev–Trinajstić information content (AvgIpc) is 2.27. The predicted octanol–water partition coefficient (Wildman–Crippen LogP) is 2.23. The molecule has 0 bridgehead atoms. The van der Waals surface area contributed by atoms with Crippen LogP contribution in [-0.4, -0.2) is 29.0 Å². The van der Waals surface area contributed by atoms with Crippen molar-refractivity contribution in [2.75, 3.05) is 24.2 Å². The number of aromatic nitrogens is 1. The molecule has 84 valence electrons. The minimum Gasteiger partial charge on any atom is -0.396 e. The highest BCUT2D eigenvalue weighted by molar-refractivity contribution is 7.99. The van der Waals surface area contributed by atoms with Gasteiger partial charge >= 0.3 is 0 Å². The lowest BCUT2D eigenvalue weighted by atomic mass is 10.2. The molecular formula is C11H18N2OS. The van der Waals surface area contributed by atoms with Crippen molar-refractivity contribution in [3.8, 4) is 0 Å². The number of nitrogens with one attached hydrogen (secondary N) is 1. The minimum atomic E-state index is 0.236. The standard InChI is InChI=1S/C11H18N2OS/c1-3-12-10-5-4-6-11(13-10)15-8-9(2)7-14/h4-6,9,14H,3,7-8H2,1-2H3,(H,12,13). The van der Waals surface area contributed by atoms with E-state index < -0.39 is 0 Å². The van der Waals surface area contributed by atoms with E-state index in [0.29, 0.717) is 5.92 Å². The Hall–Kier alpha value is -0.740. The number of aliphatic hydroxyl groups excluding tert-OH is 1. The monoisotopic (exact) mass is 226 g/mol. The van der Waals surface area contributed by atoms with E-state index in [0.717, 1.165) is 23.1 Å². The second-order valence-electron chi connectivity index (χ2n) is 3.49. The molecule has 0 fully saturated rings. The summed E-state index contributed by atoms with van der Waals surface area (Å²) in [6.07, 6.45) is 0. The van der Waals surface area contributed by atoms with E-state index in [2.05, 4.69) is 17.2 Å². The van der Waals surface area contributed by atoms with Gasteiger partial charge in [0.05, 0.1) is 5.03 Å². The molecule has 1 aromatic rings. The molecule has 1 heterocycles. The van der Waals surface area contributed by atoms with Gasteiger partial charge in [-0.15, -0.1) is 11.8 Å². The molecule has 15 heavy (non-hydrogen) atoms. The van der Waals surface area contributed by atoms with Crippen molar-refractivity contribution in [2.45, 2.75) is 18.9 Å². The molecule has 1 aromatic heterocycles. The second kappa shape index (κ2) is 6.69. The van der Waals surface area contributed by atoms with Crippen LogP contribution in [0.25, 0.3) is 0 Å². The number of pyridine rings is 1. The van der Waals surface area contributed by atoms with E-state index in [-0.39, 0.29) is 6.61 Å². The number of rotatable bonds is 6. The molecular weight excluding hydrogens is 208 g/mol. The van der Waals surface area contributed by atoms with Gasteiger partial charge in [-0.25, -0.2) is 4.98 Å². The van der Waals surface area contributed by atoms with Crippen molar-refractivity contribution in [1.82, 2.24) is 4.98 Å². The Morgan fingerprint density at radius 3 is 3.00 bits per heavy atom. The molecule has 0 aromatic carbocycles. The maximum atomic E-state index is 8.91. The van der Waals surface area contributed by atoms with Gasteiger partial charge in [0.2, 0.25) is 0 Å². The lowest BCUT2D eigenvalue weighted by molar-refractivity contribution is 0.250. The van der Waals surface area contributed by atoms with Crippen LogP contribution in [0, 0.1) is 5.92 Å². The van der Waals surface area contributed by atoms with E-state index in [1.165, 1.54) is 0 Å². The van der Waals surface area contributed by atoms with Gasteiger partial charge in [-0.2, -0.15) is 0 Å². The third-order valence-corrected chi connectivity index (χ3v) is 3.17. The van der Waals surface area contributed by atoms with E-state index in [1.807, 2.05) is 25.1 Å². The topological polar surface area (TPSA) is 45.1 Å². The van der Waals surface area contributed by atoms with Crippen molar-refractivity contribution >= 4 is 17.6 Å². The van der Waals surface area contributed by atoms with Gasteiger partial charge in [0.25, 0.3) is 0 Å². The lowest BCUT2D eigenvalue weighted by Gasteiger charge is -2.08. The van der Waals surface area contributed by atoms with E-state index >= 15 is 0 Å². The Morgan fingerprint density at radius 1 is 1.53 bits per heavy atom. The highest BCUT2D eigenvalue weighted by atomic mass is 32.2. The predicted molar refractivity (Wildman–Crippen MR) is 65.4 cm³/mol. The molecule has 4 heteroatoms. The van der Waals surface area contributed by atoms with Gasteiger partial charge in [0, 0.05) is 18.9 Å². The Morgan fingerprint density at radius 2 is 2.33 bits per heavy atom. The summed E-state index contributed by atoms with van der Waals surface area (Å²) in [6, 6.07) is 5.95. The van der Waals surface area contributed by atoms with E-state index in [4.69, 9.17) is 5.11 Å². The highest BCUT2D eigenvalue weighted by Crippen LogP contribution is 2.19. The summed E-state index contributed by atoms with van der Waals surface area (Å²) in [7, 11) is 0. The third kappa shape index (κ3) is 4.53. The first-order valence-corrected chi connectivity index (χ1v) is 6.19. The summed E-state index contributed by atoms with van der Waals surface area (Å²) in [4.78, 5) is 4.44. The van der Waals surface area contributed by atoms with Crippen molar-refractivity contribution in [3.63, 3.8) is 0 Å². The molecule has 0 aliphatic rings. The van der Waals surface area contributed by atoms with Crippen LogP contribution >= 0.6 is 11.8 Å². The van der Waals surface area contributed by atoms with Crippen LogP contribution in [0.3, 0.4) is 0 Å². The van der Waals surface area contributed by atoms with Crippen LogP contribution in [0.5, 0.6) is 0 Å². The summed E-state index contributed by atoms with van der Waals surface area (Å²) in [5.74, 6) is 2.14. The van der Waals surface area contributed by atoms with Crippen molar-refractivity contribution in [3.05, 3.63) is 18.2 Å². The lowest BCUT2D eigenvalue weighted by Crippen LogP contribution is -2.04. The molecule has 0 saturated heterocycles. The minimum absolute atomic E-state index is 0.236.